The van der Waals surface area contributed by atoms with E-state index in [9.17, 15) is 0 Å². The number of rotatable bonds is 3. The molecule has 0 radical (unpaired) electrons. The second kappa shape index (κ2) is 5.76. The van der Waals surface area contributed by atoms with Gasteiger partial charge in [0.05, 0.1) is 20.6 Å². The zero-order valence-corrected chi connectivity index (χ0v) is 14.1. The Morgan fingerprint density at radius 1 is 1.33 bits per heavy atom. The summed E-state index contributed by atoms with van der Waals surface area (Å²) in [5.41, 5.74) is 3.32. The zero-order valence-electron chi connectivity index (χ0n) is 10.9. The Labute approximate surface area is 138 Å². The Bertz CT molecular complexity index is 820. The van der Waals surface area contributed by atoms with Gasteiger partial charge in [0.1, 0.15) is 10.6 Å². The van der Waals surface area contributed by atoms with Crippen molar-refractivity contribution < 1.29 is 0 Å². The first-order chi connectivity index (χ1) is 10.1. The molecular formula is C13H11BrClN5S. The first-order valence-corrected chi connectivity index (χ1v) is 8.03. The first kappa shape index (κ1) is 14.5. The number of nitrogens with zero attached hydrogens (tertiary/aromatic N) is 2. The number of fused-ring (bicyclic) bond motifs is 1. The van der Waals surface area contributed by atoms with E-state index in [4.69, 9.17) is 17.4 Å². The van der Waals surface area contributed by atoms with E-state index in [0.29, 0.717) is 16.8 Å². The number of hydrogen-bond acceptors (Lipinski definition) is 6. The molecule has 0 atom stereocenters. The van der Waals surface area contributed by atoms with E-state index in [0.717, 1.165) is 25.3 Å². The number of aromatic nitrogens is 2. The molecule has 8 heteroatoms. The third-order valence-electron chi connectivity index (χ3n) is 2.85. The Hall–Kier alpha value is -1.41. The summed E-state index contributed by atoms with van der Waals surface area (Å²) >= 11 is 11.2. The van der Waals surface area contributed by atoms with Gasteiger partial charge in [-0.25, -0.2) is 10.8 Å². The number of halogens is 2. The van der Waals surface area contributed by atoms with Crippen molar-refractivity contribution in [2.45, 2.75) is 6.92 Å². The van der Waals surface area contributed by atoms with Crippen LogP contribution in [0.4, 0.5) is 17.5 Å². The molecule has 0 aliphatic rings. The lowest BCUT2D eigenvalue weighted by Gasteiger charge is -2.10. The Kier molecular flexibility index (Phi) is 3.99. The number of aryl methyl sites for hydroxylation is 1. The number of hydrogen-bond donors (Lipinski definition) is 3. The summed E-state index contributed by atoms with van der Waals surface area (Å²) in [5, 5.41) is 4.85. The van der Waals surface area contributed by atoms with Crippen LogP contribution < -0.4 is 16.6 Å². The average molecular weight is 385 g/mol. The Balaban J connectivity index is 2.12. The van der Waals surface area contributed by atoms with E-state index in [2.05, 4.69) is 36.6 Å². The van der Waals surface area contributed by atoms with E-state index in [1.54, 1.807) is 11.3 Å². The van der Waals surface area contributed by atoms with Crippen LogP contribution in [0.15, 0.2) is 28.7 Å². The largest absolute Gasteiger partial charge is 0.339 e. The summed E-state index contributed by atoms with van der Waals surface area (Å²) in [6.07, 6.45) is 0. The van der Waals surface area contributed by atoms with Gasteiger partial charge in [0, 0.05) is 4.88 Å². The van der Waals surface area contributed by atoms with E-state index < -0.39 is 0 Å². The second-order valence-electron chi connectivity index (χ2n) is 4.34. The van der Waals surface area contributed by atoms with Gasteiger partial charge in [-0.2, -0.15) is 4.98 Å². The molecular weight excluding hydrogens is 374 g/mol. The van der Waals surface area contributed by atoms with Crippen molar-refractivity contribution in [2.24, 2.45) is 5.84 Å². The third-order valence-corrected chi connectivity index (χ3v) is 5.19. The van der Waals surface area contributed by atoms with Crippen molar-refractivity contribution in [3.8, 4) is 0 Å². The van der Waals surface area contributed by atoms with Crippen LogP contribution in [-0.2, 0) is 0 Å². The summed E-state index contributed by atoms with van der Waals surface area (Å²) in [6, 6.07) is 7.64. The molecule has 0 saturated carbocycles. The van der Waals surface area contributed by atoms with Gasteiger partial charge >= 0.3 is 0 Å². The van der Waals surface area contributed by atoms with Crippen LogP contribution in [0.25, 0.3) is 10.2 Å². The predicted octanol–water partition coefficient (Wildman–Crippen LogP) is 4.44. The quantitative estimate of drug-likeness (QED) is 0.459. The second-order valence-corrected chi connectivity index (χ2v) is 6.78. The van der Waals surface area contributed by atoms with Gasteiger partial charge in [0.2, 0.25) is 5.95 Å². The molecule has 0 saturated heterocycles. The molecule has 0 aliphatic carbocycles. The van der Waals surface area contributed by atoms with Crippen molar-refractivity contribution in [3.63, 3.8) is 0 Å². The average Bonchev–Trinajstić information content (AvgIpc) is 2.84. The molecule has 3 rings (SSSR count). The van der Waals surface area contributed by atoms with E-state index in [1.807, 2.05) is 31.2 Å². The van der Waals surface area contributed by atoms with E-state index in [-0.39, 0.29) is 0 Å². The van der Waals surface area contributed by atoms with Crippen molar-refractivity contribution in [2.75, 3.05) is 10.7 Å². The Morgan fingerprint density at radius 2 is 2.14 bits per heavy atom. The zero-order chi connectivity index (χ0) is 15.0. The van der Waals surface area contributed by atoms with Crippen LogP contribution in [-0.4, -0.2) is 9.97 Å². The summed E-state index contributed by atoms with van der Waals surface area (Å²) in [5.74, 6) is 6.48. The highest BCUT2D eigenvalue weighted by molar-refractivity contribution is 9.10. The minimum absolute atomic E-state index is 0.366. The highest BCUT2D eigenvalue weighted by Crippen LogP contribution is 2.35. The van der Waals surface area contributed by atoms with Crippen LogP contribution in [0.2, 0.25) is 5.02 Å². The number of hydrazine groups is 1. The maximum atomic E-state index is 6.11. The molecule has 0 fully saturated rings. The van der Waals surface area contributed by atoms with Crippen LogP contribution in [0, 0.1) is 6.92 Å². The van der Waals surface area contributed by atoms with Gasteiger partial charge in [0.25, 0.3) is 0 Å². The summed E-state index contributed by atoms with van der Waals surface area (Å²) in [7, 11) is 0. The van der Waals surface area contributed by atoms with Gasteiger partial charge in [-0.05, 0) is 41.1 Å². The number of nitrogens with two attached hydrogens (primary N) is 1. The summed E-state index contributed by atoms with van der Waals surface area (Å²) < 4.78 is 0.785. The maximum absolute atomic E-state index is 6.11. The molecule has 1 aromatic carbocycles. The van der Waals surface area contributed by atoms with Gasteiger partial charge in [-0.1, -0.05) is 17.7 Å². The van der Waals surface area contributed by atoms with Gasteiger partial charge < -0.3 is 5.32 Å². The van der Waals surface area contributed by atoms with Crippen molar-refractivity contribution in [1.82, 2.24) is 9.97 Å². The van der Waals surface area contributed by atoms with Crippen molar-refractivity contribution in [1.29, 1.82) is 0 Å². The lowest BCUT2D eigenvalue weighted by atomic mass is 10.3. The maximum Gasteiger partial charge on any atom is 0.240 e. The van der Waals surface area contributed by atoms with Gasteiger partial charge in [0.15, 0.2) is 0 Å². The van der Waals surface area contributed by atoms with Crippen molar-refractivity contribution >= 4 is 66.5 Å². The molecule has 0 bridgehead atoms. The fraction of sp³-hybridized carbons (Fsp3) is 0.0769. The van der Waals surface area contributed by atoms with Crippen LogP contribution >= 0.6 is 38.9 Å². The van der Waals surface area contributed by atoms with Crippen LogP contribution in [0.5, 0.6) is 0 Å². The fourth-order valence-electron chi connectivity index (χ4n) is 1.93. The Morgan fingerprint density at radius 3 is 2.90 bits per heavy atom. The molecule has 108 valence electrons. The molecule has 0 amide bonds. The molecule has 0 unspecified atom stereocenters. The lowest BCUT2D eigenvalue weighted by molar-refractivity contribution is 1.16. The summed E-state index contributed by atoms with van der Waals surface area (Å²) in [4.78, 5) is 10.8. The molecule has 0 aliphatic heterocycles. The summed E-state index contributed by atoms with van der Waals surface area (Å²) in [6.45, 7) is 2.03. The monoisotopic (exact) mass is 383 g/mol. The SMILES string of the molecule is Cc1cc2c(Nc3cccc(Cl)c3Br)nc(NN)nc2s1. The number of thiophene rings is 1. The topological polar surface area (TPSA) is 75.9 Å². The van der Waals surface area contributed by atoms with E-state index in [1.165, 1.54) is 0 Å². The molecule has 2 aromatic heterocycles. The number of nitrogen functional groups attached to an aromatic ring is 1. The standard InChI is InChI=1S/C13H11BrClN5S/c1-6-5-7-11(18-13(20-16)19-12(7)21-6)17-9-4-2-3-8(15)10(9)14/h2-5H,16H2,1H3,(H2,17,18,19,20). The highest BCUT2D eigenvalue weighted by atomic mass is 79.9. The minimum atomic E-state index is 0.366. The smallest absolute Gasteiger partial charge is 0.240 e. The predicted molar refractivity (Wildman–Crippen MR) is 92.4 cm³/mol. The molecule has 5 nitrogen and oxygen atoms in total. The number of anilines is 3. The molecule has 2 heterocycles. The highest BCUT2D eigenvalue weighted by Gasteiger charge is 2.12. The molecule has 0 spiro atoms. The van der Waals surface area contributed by atoms with Crippen LogP contribution in [0.3, 0.4) is 0 Å². The fourth-order valence-corrected chi connectivity index (χ4v) is 3.35. The third kappa shape index (κ3) is 2.82. The van der Waals surface area contributed by atoms with Crippen molar-refractivity contribution in [3.05, 3.63) is 38.6 Å². The van der Waals surface area contributed by atoms with Crippen LogP contribution in [0.1, 0.15) is 4.88 Å². The first-order valence-electron chi connectivity index (χ1n) is 6.04. The van der Waals surface area contributed by atoms with Gasteiger partial charge in [-0.3, -0.25) is 5.43 Å². The van der Waals surface area contributed by atoms with Gasteiger partial charge in [-0.15, -0.1) is 11.3 Å². The molecule has 21 heavy (non-hydrogen) atoms. The number of nitrogens with one attached hydrogen (secondary N) is 2. The normalized spacial score (nSPS) is 10.9. The molecule has 3 aromatic rings. The minimum Gasteiger partial charge on any atom is -0.339 e. The van der Waals surface area contributed by atoms with E-state index >= 15 is 0 Å². The molecule has 4 N–H and O–H groups in total. The number of benzene rings is 1. The lowest BCUT2D eigenvalue weighted by Crippen LogP contribution is -2.11.